The minimum absolute atomic E-state index is 0.0397. The van der Waals surface area contributed by atoms with E-state index in [0.29, 0.717) is 6.61 Å². The van der Waals surface area contributed by atoms with Gasteiger partial charge in [-0.3, -0.25) is 4.79 Å². The highest BCUT2D eigenvalue weighted by atomic mass is 16.5. The maximum atomic E-state index is 10.7. The number of hydrogen-bond acceptors (Lipinski definition) is 2. The molecule has 0 aliphatic heterocycles. The molecule has 0 spiro atoms. The molecule has 24 heavy (non-hydrogen) atoms. The van der Waals surface area contributed by atoms with Gasteiger partial charge in [-0.05, 0) is 22.8 Å². The summed E-state index contributed by atoms with van der Waals surface area (Å²) in [5.74, 6) is 0.00843. The summed E-state index contributed by atoms with van der Waals surface area (Å²) in [4.78, 5) is 10.7. The van der Waals surface area contributed by atoms with Crippen LogP contribution in [0.4, 0.5) is 0 Å². The lowest BCUT2D eigenvalue weighted by Crippen LogP contribution is -2.01. The number of benzene rings is 3. The number of carboxylic acid groups (broad SMARTS) is 1. The van der Waals surface area contributed by atoms with Gasteiger partial charge in [-0.2, -0.15) is 0 Å². The molecule has 3 nitrogen and oxygen atoms in total. The highest BCUT2D eigenvalue weighted by Crippen LogP contribution is 2.30. The number of carbonyl (C=O) groups is 1. The Kier molecular flexibility index (Phi) is 4.92. The van der Waals surface area contributed by atoms with Crippen molar-refractivity contribution < 1.29 is 14.6 Å². The Labute approximate surface area is 141 Å². The van der Waals surface area contributed by atoms with E-state index in [0.717, 1.165) is 28.0 Å². The first kappa shape index (κ1) is 15.8. The van der Waals surface area contributed by atoms with Crippen molar-refractivity contribution in [1.29, 1.82) is 0 Å². The Morgan fingerprint density at radius 2 is 1.42 bits per heavy atom. The second-order valence-corrected chi connectivity index (χ2v) is 5.54. The van der Waals surface area contributed by atoms with Crippen molar-refractivity contribution in [2.24, 2.45) is 0 Å². The van der Waals surface area contributed by atoms with Gasteiger partial charge in [0.25, 0.3) is 0 Å². The summed E-state index contributed by atoms with van der Waals surface area (Å²) in [7, 11) is 0. The van der Waals surface area contributed by atoms with Crippen LogP contribution in [-0.4, -0.2) is 11.1 Å². The van der Waals surface area contributed by atoms with Gasteiger partial charge in [0.15, 0.2) is 0 Å². The molecule has 3 heteroatoms. The first-order valence-electron chi connectivity index (χ1n) is 7.79. The monoisotopic (exact) mass is 318 g/mol. The zero-order chi connectivity index (χ0) is 16.8. The molecular formula is C21H18O3. The van der Waals surface area contributed by atoms with Crippen molar-refractivity contribution in [2.75, 3.05) is 0 Å². The predicted molar refractivity (Wildman–Crippen MR) is 94.0 cm³/mol. The summed E-state index contributed by atoms with van der Waals surface area (Å²) in [6.45, 7) is 0.442. The molecule has 120 valence electrons. The van der Waals surface area contributed by atoms with Crippen LogP contribution < -0.4 is 4.74 Å². The van der Waals surface area contributed by atoms with Crippen LogP contribution in [-0.2, 0) is 17.8 Å². The fourth-order valence-corrected chi connectivity index (χ4v) is 2.54. The normalized spacial score (nSPS) is 10.3. The lowest BCUT2D eigenvalue weighted by Gasteiger charge is -2.12. The maximum Gasteiger partial charge on any atom is 0.307 e. The third-order valence-corrected chi connectivity index (χ3v) is 3.74. The summed E-state index contributed by atoms with van der Waals surface area (Å²) in [6, 6.07) is 25.5. The van der Waals surface area contributed by atoms with E-state index in [1.807, 2.05) is 66.7 Å². The molecule has 0 amide bonds. The van der Waals surface area contributed by atoms with Gasteiger partial charge in [0.2, 0.25) is 0 Å². The number of para-hydroxylation sites is 1. The fourth-order valence-electron chi connectivity index (χ4n) is 2.54. The highest BCUT2D eigenvalue weighted by molar-refractivity contribution is 5.70. The standard InChI is InChI=1S/C21H18O3/c22-21(23)14-16-10-12-17(13-11-16)15-24-20-9-5-4-8-19(20)18-6-2-1-3-7-18/h1-13H,14-15H2,(H,22,23). The number of aliphatic carboxylic acids is 1. The summed E-state index contributed by atoms with van der Waals surface area (Å²) in [6.07, 6.45) is 0.0397. The molecule has 0 saturated carbocycles. The predicted octanol–water partition coefficient (Wildman–Crippen LogP) is 4.56. The van der Waals surface area contributed by atoms with Crippen LogP contribution in [0.25, 0.3) is 11.1 Å². The molecule has 0 fully saturated rings. The number of carboxylic acids is 1. The Balaban J connectivity index is 1.72. The van der Waals surface area contributed by atoms with Crippen molar-refractivity contribution in [3.05, 3.63) is 90.0 Å². The number of ether oxygens (including phenoxy) is 1. The minimum atomic E-state index is -0.823. The zero-order valence-electron chi connectivity index (χ0n) is 13.2. The fraction of sp³-hybridized carbons (Fsp3) is 0.0952. The van der Waals surface area contributed by atoms with Gasteiger partial charge in [0, 0.05) is 5.56 Å². The topological polar surface area (TPSA) is 46.5 Å². The van der Waals surface area contributed by atoms with Gasteiger partial charge in [0.05, 0.1) is 6.42 Å². The SMILES string of the molecule is O=C(O)Cc1ccc(COc2ccccc2-c2ccccc2)cc1. The second kappa shape index (κ2) is 7.47. The van der Waals surface area contributed by atoms with Gasteiger partial charge in [-0.15, -0.1) is 0 Å². The summed E-state index contributed by atoms with van der Waals surface area (Å²) in [5.41, 5.74) is 3.97. The van der Waals surface area contributed by atoms with Crippen molar-refractivity contribution in [3.8, 4) is 16.9 Å². The summed E-state index contributed by atoms with van der Waals surface area (Å²) in [5, 5.41) is 8.80. The lowest BCUT2D eigenvalue weighted by atomic mass is 10.0. The van der Waals surface area contributed by atoms with Crippen molar-refractivity contribution >= 4 is 5.97 Å². The molecule has 0 heterocycles. The Morgan fingerprint density at radius 1 is 0.792 bits per heavy atom. The molecule has 3 aromatic carbocycles. The van der Waals surface area contributed by atoms with E-state index in [9.17, 15) is 4.79 Å². The summed E-state index contributed by atoms with van der Waals surface area (Å²) >= 11 is 0. The van der Waals surface area contributed by atoms with Crippen LogP contribution in [0.5, 0.6) is 5.75 Å². The molecule has 3 aromatic rings. The van der Waals surface area contributed by atoms with Crippen LogP contribution in [0.2, 0.25) is 0 Å². The van der Waals surface area contributed by atoms with Crippen LogP contribution in [0.3, 0.4) is 0 Å². The largest absolute Gasteiger partial charge is 0.488 e. The van der Waals surface area contributed by atoms with Gasteiger partial charge < -0.3 is 9.84 Å². The molecule has 0 unspecified atom stereocenters. The van der Waals surface area contributed by atoms with Crippen molar-refractivity contribution in [3.63, 3.8) is 0 Å². The average molecular weight is 318 g/mol. The molecule has 0 radical (unpaired) electrons. The van der Waals surface area contributed by atoms with E-state index >= 15 is 0 Å². The molecule has 1 N–H and O–H groups in total. The van der Waals surface area contributed by atoms with Crippen LogP contribution >= 0.6 is 0 Å². The average Bonchev–Trinajstić information content (AvgIpc) is 2.62. The highest BCUT2D eigenvalue weighted by Gasteiger charge is 2.06. The first-order valence-corrected chi connectivity index (χ1v) is 7.79. The number of rotatable bonds is 6. The van der Waals surface area contributed by atoms with Gasteiger partial charge in [0.1, 0.15) is 12.4 Å². The van der Waals surface area contributed by atoms with Crippen LogP contribution in [0.1, 0.15) is 11.1 Å². The second-order valence-electron chi connectivity index (χ2n) is 5.54. The van der Waals surface area contributed by atoms with E-state index in [1.165, 1.54) is 0 Å². The Bertz CT molecular complexity index is 808. The Hall–Kier alpha value is -3.07. The first-order chi connectivity index (χ1) is 11.7. The van der Waals surface area contributed by atoms with E-state index in [4.69, 9.17) is 9.84 Å². The quantitative estimate of drug-likeness (QED) is 0.725. The molecule has 0 aliphatic carbocycles. The van der Waals surface area contributed by atoms with E-state index < -0.39 is 5.97 Å². The zero-order valence-corrected chi connectivity index (χ0v) is 13.2. The van der Waals surface area contributed by atoms with E-state index in [1.54, 1.807) is 0 Å². The minimum Gasteiger partial charge on any atom is -0.488 e. The van der Waals surface area contributed by atoms with Crippen molar-refractivity contribution in [1.82, 2.24) is 0 Å². The van der Waals surface area contributed by atoms with Gasteiger partial charge in [-0.1, -0.05) is 72.8 Å². The van der Waals surface area contributed by atoms with Gasteiger partial charge >= 0.3 is 5.97 Å². The van der Waals surface area contributed by atoms with E-state index in [2.05, 4.69) is 12.1 Å². The molecule has 0 atom stereocenters. The maximum absolute atomic E-state index is 10.7. The third kappa shape index (κ3) is 4.02. The number of hydrogen-bond donors (Lipinski definition) is 1. The lowest BCUT2D eigenvalue weighted by molar-refractivity contribution is -0.136. The molecule has 0 bridgehead atoms. The summed E-state index contributed by atoms with van der Waals surface area (Å²) < 4.78 is 5.98. The van der Waals surface area contributed by atoms with E-state index in [-0.39, 0.29) is 6.42 Å². The molecule has 0 aliphatic rings. The van der Waals surface area contributed by atoms with Gasteiger partial charge in [-0.25, -0.2) is 0 Å². The van der Waals surface area contributed by atoms with Crippen LogP contribution in [0, 0.1) is 0 Å². The Morgan fingerprint density at radius 3 is 2.12 bits per heavy atom. The molecule has 3 rings (SSSR count). The molecule has 0 aromatic heterocycles. The molecule has 0 saturated heterocycles. The molecular weight excluding hydrogens is 300 g/mol. The van der Waals surface area contributed by atoms with Crippen molar-refractivity contribution in [2.45, 2.75) is 13.0 Å². The van der Waals surface area contributed by atoms with Crippen LogP contribution in [0.15, 0.2) is 78.9 Å². The smallest absolute Gasteiger partial charge is 0.307 e. The third-order valence-electron chi connectivity index (χ3n) is 3.74.